The lowest BCUT2D eigenvalue weighted by atomic mass is 9.93. The van der Waals surface area contributed by atoms with E-state index in [2.05, 4.69) is 0 Å². The summed E-state index contributed by atoms with van der Waals surface area (Å²) in [4.78, 5) is 28.1. The van der Waals surface area contributed by atoms with Gasteiger partial charge >= 0.3 is 0 Å². The molecule has 154 valence electrons. The van der Waals surface area contributed by atoms with Crippen LogP contribution in [-0.4, -0.2) is 10.5 Å². The molecule has 2 atom stereocenters. The lowest BCUT2D eigenvalue weighted by Gasteiger charge is -2.28. The number of carbonyl (C=O) groups excluding carboxylic acids is 1. The van der Waals surface area contributed by atoms with Gasteiger partial charge in [-0.25, -0.2) is 0 Å². The highest BCUT2D eigenvalue weighted by molar-refractivity contribution is 6.30. The zero-order valence-electron chi connectivity index (χ0n) is 16.1. The van der Waals surface area contributed by atoms with Gasteiger partial charge in [0.15, 0.2) is 5.76 Å². The Morgan fingerprint density at radius 3 is 1.97 bits per heavy atom. The molecular weight excluding hydrogens is 435 g/mol. The quantitative estimate of drug-likeness (QED) is 0.399. The summed E-state index contributed by atoms with van der Waals surface area (Å²) in [6.07, 6.45) is 1.45. The van der Waals surface area contributed by atoms with Crippen LogP contribution in [0.3, 0.4) is 0 Å². The Balaban J connectivity index is 1.77. The summed E-state index contributed by atoms with van der Waals surface area (Å²) in [5.41, 5.74) is 1.49. The Bertz CT molecular complexity index is 1300. The minimum absolute atomic E-state index is 0.193. The normalized spacial score (nSPS) is 17.5. The topological polar surface area (TPSA) is 55.5 Å². The molecule has 1 amide bonds. The third kappa shape index (κ3) is 3.36. The molecule has 0 spiro atoms. The number of halogens is 2. The lowest BCUT2D eigenvalue weighted by Crippen LogP contribution is -2.33. The molecule has 7 heteroatoms. The number of carbonyl (C=O) groups is 1. The van der Waals surface area contributed by atoms with E-state index in [-0.39, 0.29) is 17.2 Å². The van der Waals surface area contributed by atoms with Gasteiger partial charge in [0.05, 0.1) is 18.3 Å². The SMILES string of the molecule is O=C(c1ccco1)N1c2cccc(=O)n2[C@@H](c2ccc(Cl)cc2)[C@H]1c1ccc(Cl)cc1. The van der Waals surface area contributed by atoms with E-state index < -0.39 is 12.1 Å². The van der Waals surface area contributed by atoms with E-state index in [0.29, 0.717) is 15.9 Å². The van der Waals surface area contributed by atoms with E-state index in [4.69, 9.17) is 27.6 Å². The van der Waals surface area contributed by atoms with Gasteiger partial charge in [0.25, 0.3) is 11.5 Å². The minimum atomic E-state index is -0.494. The first kappa shape index (κ1) is 19.7. The van der Waals surface area contributed by atoms with Crippen molar-refractivity contribution in [1.29, 1.82) is 0 Å². The van der Waals surface area contributed by atoms with Crippen LogP contribution < -0.4 is 10.5 Å². The molecule has 0 fully saturated rings. The summed E-state index contributed by atoms with van der Waals surface area (Å²) in [5, 5.41) is 1.18. The fourth-order valence-electron chi connectivity index (χ4n) is 4.12. The van der Waals surface area contributed by atoms with E-state index in [1.54, 1.807) is 58.0 Å². The summed E-state index contributed by atoms with van der Waals surface area (Å²) in [5.74, 6) is 0.355. The van der Waals surface area contributed by atoms with Crippen molar-refractivity contribution in [3.05, 3.63) is 122 Å². The summed E-state index contributed by atoms with van der Waals surface area (Å²) in [6.45, 7) is 0. The van der Waals surface area contributed by atoms with Gasteiger partial charge in [-0.2, -0.15) is 0 Å². The van der Waals surface area contributed by atoms with Crippen LogP contribution in [0.1, 0.15) is 33.8 Å². The van der Waals surface area contributed by atoms with Gasteiger partial charge in [0.1, 0.15) is 5.82 Å². The number of pyridine rings is 1. The van der Waals surface area contributed by atoms with Crippen LogP contribution in [0.2, 0.25) is 10.0 Å². The molecule has 4 aromatic rings. The molecule has 0 radical (unpaired) electrons. The minimum Gasteiger partial charge on any atom is -0.459 e. The average molecular weight is 451 g/mol. The van der Waals surface area contributed by atoms with Gasteiger partial charge in [0.2, 0.25) is 0 Å². The van der Waals surface area contributed by atoms with Crippen LogP contribution in [0.15, 0.2) is 94.3 Å². The molecule has 0 saturated heterocycles. The van der Waals surface area contributed by atoms with E-state index in [9.17, 15) is 9.59 Å². The number of amides is 1. The summed E-state index contributed by atoms with van der Waals surface area (Å²) >= 11 is 12.2. The Hall–Kier alpha value is -3.28. The van der Waals surface area contributed by atoms with Crippen molar-refractivity contribution >= 4 is 34.9 Å². The molecule has 5 nitrogen and oxygen atoms in total. The molecule has 0 aliphatic carbocycles. The van der Waals surface area contributed by atoms with Gasteiger partial charge in [-0.05, 0) is 53.6 Å². The largest absolute Gasteiger partial charge is 0.459 e. The Labute approximate surface area is 188 Å². The number of hydrogen-bond acceptors (Lipinski definition) is 3. The van der Waals surface area contributed by atoms with E-state index >= 15 is 0 Å². The number of furan rings is 1. The fraction of sp³-hybridized carbons (Fsp3) is 0.0833. The Kier molecular flexibility index (Phi) is 4.93. The maximum Gasteiger partial charge on any atom is 0.295 e. The zero-order chi connectivity index (χ0) is 21.5. The van der Waals surface area contributed by atoms with Crippen molar-refractivity contribution < 1.29 is 9.21 Å². The maximum absolute atomic E-state index is 13.5. The van der Waals surface area contributed by atoms with Gasteiger partial charge in [0, 0.05) is 16.1 Å². The van der Waals surface area contributed by atoms with Crippen molar-refractivity contribution in [2.24, 2.45) is 0 Å². The highest BCUT2D eigenvalue weighted by Crippen LogP contribution is 2.47. The van der Waals surface area contributed by atoms with Crippen molar-refractivity contribution in [3.63, 3.8) is 0 Å². The van der Waals surface area contributed by atoms with Crippen molar-refractivity contribution in [2.45, 2.75) is 12.1 Å². The van der Waals surface area contributed by atoms with Crippen LogP contribution in [-0.2, 0) is 0 Å². The molecule has 2 aromatic carbocycles. The number of anilines is 1. The molecule has 1 aliphatic rings. The molecule has 31 heavy (non-hydrogen) atoms. The third-order valence-corrected chi connectivity index (χ3v) is 5.95. The number of fused-ring (bicyclic) bond motifs is 1. The second kappa shape index (κ2) is 7.76. The maximum atomic E-state index is 13.5. The van der Waals surface area contributed by atoms with Gasteiger partial charge in [-0.1, -0.05) is 53.5 Å². The molecule has 0 saturated carbocycles. The number of nitrogens with zero attached hydrogens (tertiary/aromatic N) is 2. The third-order valence-electron chi connectivity index (χ3n) is 5.44. The van der Waals surface area contributed by atoms with E-state index in [1.165, 1.54) is 12.3 Å². The van der Waals surface area contributed by atoms with Crippen molar-refractivity contribution in [1.82, 2.24) is 4.57 Å². The zero-order valence-corrected chi connectivity index (χ0v) is 17.6. The molecule has 0 bridgehead atoms. The molecule has 0 N–H and O–H groups in total. The second-order valence-corrected chi connectivity index (χ2v) is 8.11. The van der Waals surface area contributed by atoms with Crippen LogP contribution in [0.4, 0.5) is 5.82 Å². The second-order valence-electron chi connectivity index (χ2n) is 7.24. The summed E-state index contributed by atoms with van der Waals surface area (Å²) in [6, 6.07) is 21.8. The predicted molar refractivity (Wildman–Crippen MR) is 120 cm³/mol. The average Bonchev–Trinajstić information content (AvgIpc) is 3.42. The number of aromatic nitrogens is 1. The number of benzene rings is 2. The fourth-order valence-corrected chi connectivity index (χ4v) is 4.37. The van der Waals surface area contributed by atoms with E-state index in [1.807, 2.05) is 24.3 Å². The monoisotopic (exact) mass is 450 g/mol. The summed E-state index contributed by atoms with van der Waals surface area (Å²) in [7, 11) is 0. The molecule has 2 aromatic heterocycles. The lowest BCUT2D eigenvalue weighted by molar-refractivity contribution is 0.0951. The van der Waals surface area contributed by atoms with Gasteiger partial charge in [-0.3, -0.25) is 19.1 Å². The predicted octanol–water partition coefficient (Wildman–Crippen LogP) is 5.74. The van der Waals surface area contributed by atoms with Gasteiger partial charge in [-0.15, -0.1) is 0 Å². The number of hydrogen-bond donors (Lipinski definition) is 0. The smallest absolute Gasteiger partial charge is 0.295 e. The Morgan fingerprint density at radius 1 is 0.774 bits per heavy atom. The molecule has 1 aliphatic heterocycles. The first-order valence-electron chi connectivity index (χ1n) is 9.64. The first-order chi connectivity index (χ1) is 15.0. The van der Waals surface area contributed by atoms with Crippen molar-refractivity contribution in [3.8, 4) is 0 Å². The van der Waals surface area contributed by atoms with E-state index in [0.717, 1.165) is 11.1 Å². The molecule has 0 unspecified atom stereocenters. The van der Waals surface area contributed by atoms with Crippen LogP contribution in [0, 0.1) is 0 Å². The highest BCUT2D eigenvalue weighted by Gasteiger charge is 2.44. The Morgan fingerprint density at radius 2 is 1.39 bits per heavy atom. The van der Waals surface area contributed by atoms with Crippen molar-refractivity contribution in [2.75, 3.05) is 4.90 Å². The summed E-state index contributed by atoms with van der Waals surface area (Å²) < 4.78 is 7.04. The first-order valence-corrected chi connectivity index (χ1v) is 10.4. The van der Waals surface area contributed by atoms with Crippen LogP contribution in [0.25, 0.3) is 0 Å². The molecule has 3 heterocycles. The highest BCUT2D eigenvalue weighted by atomic mass is 35.5. The van der Waals surface area contributed by atoms with Gasteiger partial charge < -0.3 is 4.42 Å². The molecule has 5 rings (SSSR count). The standard InChI is InChI=1S/C24H16Cl2N2O3/c25-17-10-6-15(7-11-17)22-23(16-8-12-18(26)13-9-16)28(24(30)19-3-2-14-31-19)20-4-1-5-21(29)27(20)22/h1-14,22-23H/t22-,23+/m0/s1. The van der Waals surface area contributed by atoms with Crippen LogP contribution in [0.5, 0.6) is 0 Å². The van der Waals surface area contributed by atoms with Crippen LogP contribution >= 0.6 is 23.2 Å². The molecular formula is C24H16Cl2N2O3. The number of rotatable bonds is 3.